The second-order valence-electron chi connectivity index (χ2n) is 3.26. The molecule has 18 heavy (non-hydrogen) atoms. The molecule has 0 radical (unpaired) electrons. The van der Waals surface area contributed by atoms with E-state index in [0.717, 1.165) is 12.1 Å². The number of ether oxygens (including phenoxy) is 1. The zero-order chi connectivity index (χ0) is 13.6. The first kappa shape index (κ1) is 13.9. The number of halogens is 3. The molecule has 1 rings (SSSR count). The lowest BCUT2D eigenvalue weighted by Gasteiger charge is -2.12. The van der Waals surface area contributed by atoms with Crippen molar-refractivity contribution in [3.05, 3.63) is 29.8 Å². The van der Waals surface area contributed by atoms with Crippen molar-refractivity contribution in [3.8, 4) is 24.2 Å². The van der Waals surface area contributed by atoms with E-state index in [0.29, 0.717) is 5.56 Å². The van der Waals surface area contributed by atoms with Crippen LogP contribution >= 0.6 is 0 Å². The van der Waals surface area contributed by atoms with Gasteiger partial charge in [0.05, 0.1) is 12.6 Å². The van der Waals surface area contributed by atoms with Gasteiger partial charge in [0.25, 0.3) is 0 Å². The molecule has 1 unspecified atom stereocenters. The minimum absolute atomic E-state index is 0.193. The third-order valence-corrected chi connectivity index (χ3v) is 1.98. The number of hydrogen-bond donors (Lipinski definition) is 1. The van der Waals surface area contributed by atoms with E-state index in [-0.39, 0.29) is 12.3 Å². The molecular weight excluding hydrogens is 245 g/mol. The molecule has 0 heterocycles. The number of hydrogen-bond acceptors (Lipinski definition) is 3. The van der Waals surface area contributed by atoms with Crippen molar-refractivity contribution in [1.29, 1.82) is 5.26 Å². The number of rotatable bonds is 4. The van der Waals surface area contributed by atoms with Gasteiger partial charge in [-0.2, -0.15) is 5.26 Å². The molecule has 0 aliphatic rings. The largest absolute Gasteiger partial charge is 0.573 e. The maximum Gasteiger partial charge on any atom is 0.573 e. The smallest absolute Gasteiger partial charge is 0.406 e. The Balaban J connectivity index is 2.76. The van der Waals surface area contributed by atoms with Crippen molar-refractivity contribution >= 4 is 0 Å². The summed E-state index contributed by atoms with van der Waals surface area (Å²) in [5, 5.41) is 11.6. The van der Waals surface area contributed by atoms with Gasteiger partial charge >= 0.3 is 6.36 Å². The maximum absolute atomic E-state index is 11.9. The fourth-order valence-electron chi connectivity index (χ4n) is 1.26. The van der Waals surface area contributed by atoms with E-state index in [1.165, 1.54) is 12.1 Å². The lowest BCUT2D eigenvalue weighted by molar-refractivity contribution is -0.274. The van der Waals surface area contributed by atoms with Crippen LogP contribution in [0.1, 0.15) is 11.6 Å². The number of nitrogens with zero attached hydrogens (tertiary/aromatic N) is 1. The normalized spacial score (nSPS) is 12.3. The van der Waals surface area contributed by atoms with Gasteiger partial charge in [-0.3, -0.25) is 5.32 Å². The van der Waals surface area contributed by atoms with Crippen LogP contribution < -0.4 is 10.1 Å². The number of nitriles is 1. The summed E-state index contributed by atoms with van der Waals surface area (Å²) in [6.07, 6.45) is 0.312. The van der Waals surface area contributed by atoms with Gasteiger partial charge in [0.15, 0.2) is 0 Å². The summed E-state index contributed by atoms with van der Waals surface area (Å²) in [6, 6.07) is 6.32. The van der Waals surface area contributed by atoms with Gasteiger partial charge in [0, 0.05) is 0 Å². The van der Waals surface area contributed by atoms with Crippen molar-refractivity contribution in [3.63, 3.8) is 0 Å². The number of benzene rings is 1. The van der Waals surface area contributed by atoms with E-state index in [9.17, 15) is 13.2 Å². The molecule has 0 aliphatic carbocycles. The van der Waals surface area contributed by atoms with Crippen molar-refractivity contribution in [1.82, 2.24) is 5.32 Å². The Morgan fingerprint density at radius 3 is 2.39 bits per heavy atom. The van der Waals surface area contributed by atoms with Crippen LogP contribution in [0.15, 0.2) is 24.3 Å². The maximum atomic E-state index is 11.9. The lowest BCUT2D eigenvalue weighted by atomic mass is 10.1. The summed E-state index contributed by atoms with van der Waals surface area (Å²) < 4.78 is 39.5. The highest BCUT2D eigenvalue weighted by atomic mass is 19.4. The van der Waals surface area contributed by atoms with Gasteiger partial charge < -0.3 is 4.74 Å². The van der Waals surface area contributed by atoms with Crippen molar-refractivity contribution in [2.75, 3.05) is 6.54 Å². The molecule has 0 aliphatic heterocycles. The van der Waals surface area contributed by atoms with Gasteiger partial charge in [-0.25, -0.2) is 0 Å². The van der Waals surface area contributed by atoms with Crippen LogP contribution in [0, 0.1) is 23.7 Å². The molecule has 1 aromatic rings. The van der Waals surface area contributed by atoms with Crippen LogP contribution in [0.5, 0.6) is 5.75 Å². The molecular formula is C12H9F3N2O. The quantitative estimate of drug-likeness (QED) is 0.839. The Morgan fingerprint density at radius 2 is 1.94 bits per heavy atom. The first-order valence-electron chi connectivity index (χ1n) is 4.88. The topological polar surface area (TPSA) is 45.0 Å². The Labute approximate surface area is 102 Å². The molecule has 1 atom stereocenters. The minimum atomic E-state index is -4.72. The summed E-state index contributed by atoms with van der Waals surface area (Å²) in [4.78, 5) is 0. The number of alkyl halides is 3. The Hall–Kier alpha value is -2.18. The summed E-state index contributed by atoms with van der Waals surface area (Å²) >= 11 is 0. The summed E-state index contributed by atoms with van der Waals surface area (Å²) in [7, 11) is 0. The second kappa shape index (κ2) is 5.95. The highest BCUT2D eigenvalue weighted by Crippen LogP contribution is 2.24. The van der Waals surface area contributed by atoms with Crippen LogP contribution in [0.2, 0.25) is 0 Å². The van der Waals surface area contributed by atoms with Crippen LogP contribution in [0.25, 0.3) is 0 Å². The lowest BCUT2D eigenvalue weighted by Crippen LogP contribution is -2.20. The second-order valence-corrected chi connectivity index (χ2v) is 3.26. The molecule has 1 N–H and O–H groups in total. The first-order valence-corrected chi connectivity index (χ1v) is 4.88. The molecule has 0 fully saturated rings. The van der Waals surface area contributed by atoms with Crippen LogP contribution in [-0.2, 0) is 0 Å². The molecule has 6 heteroatoms. The van der Waals surface area contributed by atoms with Crippen LogP contribution in [0.4, 0.5) is 13.2 Å². The van der Waals surface area contributed by atoms with E-state index in [1.54, 1.807) is 0 Å². The molecule has 3 nitrogen and oxygen atoms in total. The van der Waals surface area contributed by atoms with Gasteiger partial charge in [-0.05, 0) is 17.7 Å². The van der Waals surface area contributed by atoms with Gasteiger partial charge in [0.2, 0.25) is 0 Å². The van der Waals surface area contributed by atoms with E-state index in [2.05, 4.69) is 16.0 Å². The average Bonchev–Trinajstić information content (AvgIpc) is 2.30. The molecule has 0 saturated heterocycles. The highest BCUT2D eigenvalue weighted by Gasteiger charge is 2.31. The third kappa shape index (κ3) is 4.36. The fourth-order valence-corrected chi connectivity index (χ4v) is 1.26. The molecule has 94 valence electrons. The standard InChI is InChI=1S/C12H9F3N2O/c1-2-7-17-11(8-16)9-3-5-10(6-4-9)18-12(13,14)15/h1,3-6,11,17H,7H2. The zero-order valence-corrected chi connectivity index (χ0v) is 9.16. The summed E-state index contributed by atoms with van der Waals surface area (Å²) in [6.45, 7) is 0.193. The Morgan fingerprint density at radius 1 is 1.33 bits per heavy atom. The van der Waals surface area contributed by atoms with E-state index in [1.807, 2.05) is 6.07 Å². The third-order valence-electron chi connectivity index (χ3n) is 1.98. The summed E-state index contributed by atoms with van der Waals surface area (Å²) in [5.41, 5.74) is 0.516. The molecule has 1 aromatic carbocycles. The molecule has 0 bridgehead atoms. The van der Waals surface area contributed by atoms with Crippen molar-refractivity contribution in [2.24, 2.45) is 0 Å². The zero-order valence-electron chi connectivity index (χ0n) is 9.16. The average molecular weight is 254 g/mol. The molecule has 0 spiro atoms. The van der Waals surface area contributed by atoms with Crippen molar-refractivity contribution in [2.45, 2.75) is 12.4 Å². The Kier molecular flexibility index (Phi) is 4.59. The molecule has 0 amide bonds. The fraction of sp³-hybridized carbons (Fsp3) is 0.250. The monoisotopic (exact) mass is 254 g/mol. The first-order chi connectivity index (χ1) is 8.46. The number of nitrogens with one attached hydrogen (secondary N) is 1. The highest BCUT2D eigenvalue weighted by molar-refractivity contribution is 5.31. The van der Waals surface area contributed by atoms with Gasteiger partial charge in [-0.15, -0.1) is 19.6 Å². The predicted octanol–water partition coefficient (Wildman–Crippen LogP) is 2.37. The Bertz CT molecular complexity index is 468. The van der Waals surface area contributed by atoms with Gasteiger partial charge in [-0.1, -0.05) is 18.1 Å². The summed E-state index contributed by atoms with van der Waals surface area (Å²) in [5.74, 6) is 1.98. The number of terminal acetylenes is 1. The SMILES string of the molecule is C#CCNC(C#N)c1ccc(OC(F)(F)F)cc1. The van der Waals surface area contributed by atoms with Gasteiger partial charge in [0.1, 0.15) is 11.8 Å². The van der Waals surface area contributed by atoms with E-state index in [4.69, 9.17) is 11.7 Å². The molecule has 0 aromatic heterocycles. The predicted molar refractivity (Wildman–Crippen MR) is 58.3 cm³/mol. The van der Waals surface area contributed by atoms with Crippen LogP contribution in [0.3, 0.4) is 0 Å². The van der Waals surface area contributed by atoms with Crippen molar-refractivity contribution < 1.29 is 17.9 Å². The van der Waals surface area contributed by atoms with E-state index < -0.39 is 12.4 Å². The minimum Gasteiger partial charge on any atom is -0.406 e. The van der Waals surface area contributed by atoms with Crippen LogP contribution in [-0.4, -0.2) is 12.9 Å². The molecule has 0 saturated carbocycles. The van der Waals surface area contributed by atoms with E-state index >= 15 is 0 Å².